The Morgan fingerprint density at radius 1 is 1.33 bits per heavy atom. The Hall–Kier alpha value is -1.13. The lowest BCUT2D eigenvalue weighted by Gasteiger charge is -2.27. The smallest absolute Gasteiger partial charge is 0.248 e. The molecule has 2 atom stereocenters. The molecule has 3 rings (SSSR count). The van der Waals surface area contributed by atoms with Gasteiger partial charge in [0.05, 0.1) is 6.10 Å². The van der Waals surface area contributed by atoms with Crippen molar-refractivity contribution in [3.8, 4) is 0 Å². The summed E-state index contributed by atoms with van der Waals surface area (Å²) in [4.78, 5) is 14.3. The molecular weight excluding hydrogens is 228 g/mol. The largest absolute Gasteiger partial charge is 0.377 e. The van der Waals surface area contributed by atoms with Crippen LogP contribution in [0.15, 0.2) is 16.9 Å². The summed E-state index contributed by atoms with van der Waals surface area (Å²) in [6, 6.07) is 3.97. The van der Waals surface area contributed by atoms with Crippen molar-refractivity contribution in [3.63, 3.8) is 0 Å². The highest BCUT2D eigenvalue weighted by atomic mass is 16.5. The zero-order valence-electron chi connectivity index (χ0n) is 10.6. The number of nitrogens with one attached hydrogen (secondary N) is 2. The second-order valence-corrected chi connectivity index (χ2v) is 5.24. The summed E-state index contributed by atoms with van der Waals surface area (Å²) in [6.07, 6.45) is 5.99. The lowest BCUT2D eigenvalue weighted by atomic mass is 9.91. The Bertz CT molecular complexity index is 463. The summed E-state index contributed by atoms with van der Waals surface area (Å²) < 4.78 is 5.63. The van der Waals surface area contributed by atoms with Crippen molar-refractivity contribution in [1.29, 1.82) is 0 Å². The van der Waals surface area contributed by atoms with E-state index in [0.717, 1.165) is 44.5 Å². The summed E-state index contributed by atoms with van der Waals surface area (Å²) >= 11 is 0. The Kier molecular flexibility index (Phi) is 3.48. The summed E-state index contributed by atoms with van der Waals surface area (Å²) in [6.45, 7) is 1.82. The van der Waals surface area contributed by atoms with Crippen LogP contribution in [0.4, 0.5) is 0 Å². The highest BCUT2D eigenvalue weighted by Crippen LogP contribution is 2.27. The summed E-state index contributed by atoms with van der Waals surface area (Å²) in [5.74, 6) is 0. The second kappa shape index (κ2) is 5.24. The van der Waals surface area contributed by atoms with Gasteiger partial charge in [-0.1, -0.05) is 6.07 Å². The molecule has 2 heterocycles. The van der Waals surface area contributed by atoms with Crippen molar-refractivity contribution in [2.24, 2.45) is 0 Å². The Morgan fingerprint density at radius 2 is 2.28 bits per heavy atom. The standard InChI is InChI=1S/C14H20N2O2/c17-14-7-6-11-12(4-1-5-13(11)16-14)15-9-10-3-2-8-18-10/h6-7,10,12,15H,1-5,8-9H2,(H,16,17). The van der Waals surface area contributed by atoms with Crippen LogP contribution in [0.3, 0.4) is 0 Å². The van der Waals surface area contributed by atoms with E-state index in [0.29, 0.717) is 12.1 Å². The molecule has 1 aliphatic carbocycles. The Labute approximate surface area is 107 Å². The highest BCUT2D eigenvalue weighted by Gasteiger charge is 2.22. The molecule has 4 nitrogen and oxygen atoms in total. The third-order valence-corrected chi connectivity index (χ3v) is 3.95. The van der Waals surface area contributed by atoms with Crippen LogP contribution < -0.4 is 10.9 Å². The number of aromatic amines is 1. The average molecular weight is 248 g/mol. The fourth-order valence-electron chi connectivity index (χ4n) is 2.99. The van der Waals surface area contributed by atoms with Crippen LogP contribution >= 0.6 is 0 Å². The van der Waals surface area contributed by atoms with Crippen LogP contribution in [0.5, 0.6) is 0 Å². The number of pyridine rings is 1. The van der Waals surface area contributed by atoms with Gasteiger partial charge in [-0.15, -0.1) is 0 Å². The van der Waals surface area contributed by atoms with E-state index < -0.39 is 0 Å². The van der Waals surface area contributed by atoms with Gasteiger partial charge < -0.3 is 15.0 Å². The van der Waals surface area contributed by atoms with E-state index in [1.54, 1.807) is 6.07 Å². The van der Waals surface area contributed by atoms with Gasteiger partial charge in [0.15, 0.2) is 0 Å². The summed E-state index contributed by atoms with van der Waals surface area (Å²) in [7, 11) is 0. The Morgan fingerprint density at radius 3 is 3.11 bits per heavy atom. The van der Waals surface area contributed by atoms with Crippen LogP contribution in [-0.4, -0.2) is 24.2 Å². The molecular formula is C14H20N2O2. The van der Waals surface area contributed by atoms with E-state index in [1.807, 2.05) is 6.07 Å². The van der Waals surface area contributed by atoms with Crippen LogP contribution in [0, 0.1) is 0 Å². The first-order valence-corrected chi connectivity index (χ1v) is 6.90. The molecule has 0 saturated carbocycles. The van der Waals surface area contributed by atoms with E-state index >= 15 is 0 Å². The third kappa shape index (κ3) is 2.49. The fraction of sp³-hybridized carbons (Fsp3) is 0.643. The van der Waals surface area contributed by atoms with Crippen LogP contribution in [0.2, 0.25) is 0 Å². The van der Waals surface area contributed by atoms with Gasteiger partial charge >= 0.3 is 0 Å². The van der Waals surface area contributed by atoms with Gasteiger partial charge in [-0.3, -0.25) is 4.79 Å². The van der Waals surface area contributed by atoms with Crippen molar-refractivity contribution < 1.29 is 4.74 Å². The molecule has 0 amide bonds. The molecule has 2 aliphatic rings. The first kappa shape index (κ1) is 11.9. The van der Waals surface area contributed by atoms with Gasteiger partial charge in [0.1, 0.15) is 0 Å². The van der Waals surface area contributed by atoms with Crippen LogP contribution in [0.1, 0.15) is 43.0 Å². The number of hydrogen-bond donors (Lipinski definition) is 2. The zero-order valence-corrected chi connectivity index (χ0v) is 10.6. The maximum atomic E-state index is 11.3. The van der Waals surface area contributed by atoms with Crippen LogP contribution in [0.25, 0.3) is 0 Å². The lowest BCUT2D eigenvalue weighted by molar-refractivity contribution is 0.106. The van der Waals surface area contributed by atoms with Crippen molar-refractivity contribution in [2.45, 2.75) is 44.2 Å². The van der Waals surface area contributed by atoms with Gasteiger partial charge in [-0.2, -0.15) is 0 Å². The van der Waals surface area contributed by atoms with E-state index in [-0.39, 0.29) is 5.56 Å². The average Bonchev–Trinajstić information content (AvgIpc) is 2.89. The molecule has 0 aromatic carbocycles. The molecule has 1 saturated heterocycles. The van der Waals surface area contributed by atoms with Crippen molar-refractivity contribution in [2.75, 3.05) is 13.2 Å². The molecule has 18 heavy (non-hydrogen) atoms. The normalized spacial score (nSPS) is 27.1. The zero-order chi connectivity index (χ0) is 12.4. The molecule has 0 spiro atoms. The number of hydrogen-bond acceptors (Lipinski definition) is 3. The lowest BCUT2D eigenvalue weighted by Crippen LogP contribution is -2.33. The number of aryl methyl sites for hydroxylation is 1. The molecule has 0 bridgehead atoms. The monoisotopic (exact) mass is 248 g/mol. The topological polar surface area (TPSA) is 54.1 Å². The van der Waals surface area contributed by atoms with E-state index in [4.69, 9.17) is 4.74 Å². The van der Waals surface area contributed by atoms with Gasteiger partial charge in [-0.05, 0) is 37.7 Å². The Balaban J connectivity index is 1.68. The maximum absolute atomic E-state index is 11.3. The van der Waals surface area contributed by atoms with Gasteiger partial charge in [0.25, 0.3) is 0 Å². The predicted molar refractivity (Wildman–Crippen MR) is 69.7 cm³/mol. The number of H-pyrrole nitrogens is 1. The van der Waals surface area contributed by atoms with E-state index in [9.17, 15) is 4.79 Å². The number of rotatable bonds is 3. The molecule has 98 valence electrons. The third-order valence-electron chi connectivity index (χ3n) is 3.95. The minimum atomic E-state index is 0.00789. The van der Waals surface area contributed by atoms with Gasteiger partial charge in [-0.25, -0.2) is 0 Å². The maximum Gasteiger partial charge on any atom is 0.248 e. The van der Waals surface area contributed by atoms with Crippen molar-refractivity contribution in [3.05, 3.63) is 33.7 Å². The number of aromatic nitrogens is 1. The molecule has 1 fully saturated rings. The van der Waals surface area contributed by atoms with E-state index in [2.05, 4.69) is 10.3 Å². The minimum absolute atomic E-state index is 0.00789. The summed E-state index contributed by atoms with van der Waals surface area (Å²) in [5, 5.41) is 3.59. The molecule has 1 aromatic heterocycles. The van der Waals surface area contributed by atoms with E-state index in [1.165, 1.54) is 12.0 Å². The highest BCUT2D eigenvalue weighted by molar-refractivity contribution is 5.26. The molecule has 1 aliphatic heterocycles. The first-order valence-electron chi connectivity index (χ1n) is 6.90. The molecule has 2 N–H and O–H groups in total. The predicted octanol–water partition coefficient (Wildman–Crippen LogP) is 1.52. The van der Waals surface area contributed by atoms with Gasteiger partial charge in [0, 0.05) is 31.0 Å². The SMILES string of the molecule is O=c1ccc2c([nH]1)CCCC2NCC1CCCO1. The second-order valence-electron chi connectivity index (χ2n) is 5.24. The molecule has 4 heteroatoms. The number of ether oxygens (including phenoxy) is 1. The van der Waals surface area contributed by atoms with Crippen molar-refractivity contribution >= 4 is 0 Å². The van der Waals surface area contributed by atoms with Crippen molar-refractivity contribution in [1.82, 2.24) is 10.3 Å². The quantitative estimate of drug-likeness (QED) is 0.852. The number of fused-ring (bicyclic) bond motifs is 1. The van der Waals surface area contributed by atoms with Gasteiger partial charge in [0.2, 0.25) is 5.56 Å². The first-order chi connectivity index (χ1) is 8.83. The summed E-state index contributed by atoms with van der Waals surface area (Å²) in [5.41, 5.74) is 2.38. The minimum Gasteiger partial charge on any atom is -0.377 e. The molecule has 0 radical (unpaired) electrons. The van der Waals surface area contributed by atoms with Crippen LogP contribution in [-0.2, 0) is 11.2 Å². The fourth-order valence-corrected chi connectivity index (χ4v) is 2.99. The molecule has 2 unspecified atom stereocenters. The molecule has 1 aromatic rings.